The predicted molar refractivity (Wildman–Crippen MR) is 81.2 cm³/mol. The molecule has 0 spiro atoms. The fourth-order valence-electron chi connectivity index (χ4n) is 1.81. The molecule has 0 aliphatic heterocycles. The van der Waals surface area contributed by atoms with E-state index in [-0.39, 0.29) is 12.4 Å². The van der Waals surface area contributed by atoms with Gasteiger partial charge in [-0.25, -0.2) is 8.42 Å². The number of nitrogens with two attached hydrogens (primary N) is 1. The van der Waals surface area contributed by atoms with E-state index in [2.05, 4.69) is 5.32 Å². The lowest BCUT2D eigenvalue weighted by atomic mass is 9.91. The van der Waals surface area contributed by atoms with Crippen molar-refractivity contribution in [3.63, 3.8) is 0 Å². The van der Waals surface area contributed by atoms with E-state index >= 15 is 0 Å². The summed E-state index contributed by atoms with van der Waals surface area (Å²) in [4.78, 5) is 11.8. The molecule has 0 heterocycles. The second-order valence-electron chi connectivity index (χ2n) is 5.77. The minimum atomic E-state index is -3.36. The van der Waals surface area contributed by atoms with Gasteiger partial charge in [-0.15, -0.1) is 12.4 Å². The third-order valence-corrected chi connectivity index (χ3v) is 4.90. The molecule has 19 heavy (non-hydrogen) atoms. The Hall–Kier alpha value is -0.330. The van der Waals surface area contributed by atoms with E-state index in [1.165, 1.54) is 0 Å². The van der Waals surface area contributed by atoms with Crippen LogP contribution in [0.15, 0.2) is 0 Å². The third-order valence-electron chi connectivity index (χ3n) is 2.80. The monoisotopic (exact) mass is 314 g/mol. The number of carbonyl (C=O) groups excluding carboxylic acids is 1. The summed E-state index contributed by atoms with van der Waals surface area (Å²) in [5.74, 6) is -0.573. The Morgan fingerprint density at radius 3 is 2.05 bits per heavy atom. The summed E-state index contributed by atoms with van der Waals surface area (Å²) in [7, 11) is -3.36. The fourth-order valence-corrected chi connectivity index (χ4v) is 2.58. The van der Waals surface area contributed by atoms with E-state index in [4.69, 9.17) is 5.73 Å². The molecular weight excluding hydrogens is 288 g/mol. The van der Waals surface area contributed by atoms with Crippen LogP contribution in [0.1, 0.15) is 41.0 Å². The van der Waals surface area contributed by atoms with Crippen molar-refractivity contribution in [1.29, 1.82) is 0 Å². The number of sulfone groups is 1. The molecule has 0 radical (unpaired) electrons. The molecule has 0 aromatic heterocycles. The van der Waals surface area contributed by atoms with Crippen molar-refractivity contribution in [2.45, 2.75) is 51.8 Å². The highest BCUT2D eigenvalue weighted by molar-refractivity contribution is 7.92. The van der Waals surface area contributed by atoms with Gasteiger partial charge in [-0.05, 0) is 33.1 Å². The zero-order valence-electron chi connectivity index (χ0n) is 12.4. The summed E-state index contributed by atoms with van der Waals surface area (Å²) in [6, 6.07) is 0. The Bertz CT molecular complexity index is 382. The molecule has 1 amide bonds. The first-order valence-electron chi connectivity index (χ1n) is 6.25. The Balaban J connectivity index is 0. The number of nitrogens with one attached hydrogen (secondary N) is 1. The summed E-state index contributed by atoms with van der Waals surface area (Å²) >= 11 is 0. The van der Waals surface area contributed by atoms with Crippen molar-refractivity contribution in [3.05, 3.63) is 0 Å². The Labute approximate surface area is 123 Å². The predicted octanol–water partition coefficient (Wildman–Crippen LogP) is 1.11. The average molecular weight is 315 g/mol. The van der Waals surface area contributed by atoms with Crippen LogP contribution in [0.2, 0.25) is 0 Å². The molecule has 0 aliphatic carbocycles. The number of carbonyl (C=O) groups is 1. The van der Waals surface area contributed by atoms with Gasteiger partial charge in [0, 0.05) is 12.1 Å². The number of hydrogen-bond acceptors (Lipinski definition) is 4. The van der Waals surface area contributed by atoms with E-state index in [1.807, 2.05) is 20.8 Å². The van der Waals surface area contributed by atoms with Crippen LogP contribution in [-0.4, -0.2) is 37.4 Å². The molecule has 3 N–H and O–H groups in total. The molecule has 0 bridgehead atoms. The highest BCUT2D eigenvalue weighted by Crippen LogP contribution is 2.15. The number of amides is 1. The zero-order chi connectivity index (χ0) is 14.6. The van der Waals surface area contributed by atoms with Gasteiger partial charge in [-0.1, -0.05) is 13.8 Å². The molecule has 0 rings (SSSR count). The molecule has 5 nitrogen and oxygen atoms in total. The first-order valence-corrected chi connectivity index (χ1v) is 7.96. The van der Waals surface area contributed by atoms with Crippen molar-refractivity contribution in [1.82, 2.24) is 5.32 Å². The Kier molecular flexibility index (Phi) is 8.91. The van der Waals surface area contributed by atoms with Crippen molar-refractivity contribution in [2.75, 3.05) is 12.3 Å². The van der Waals surface area contributed by atoms with Crippen molar-refractivity contribution < 1.29 is 13.2 Å². The normalized spacial score (nSPS) is 14.9. The average Bonchev–Trinajstić information content (AvgIpc) is 2.14. The molecule has 0 fully saturated rings. The lowest BCUT2D eigenvalue weighted by molar-refractivity contribution is -0.120. The summed E-state index contributed by atoms with van der Waals surface area (Å²) in [5, 5.41) is 2.20. The number of rotatable bonds is 7. The minimum Gasteiger partial charge on any atom is -0.349 e. The molecule has 7 heteroatoms. The van der Waals surface area contributed by atoms with Gasteiger partial charge in [0.25, 0.3) is 0 Å². The lowest BCUT2D eigenvalue weighted by Gasteiger charge is -2.31. The number of hydrogen-bond donors (Lipinski definition) is 2. The van der Waals surface area contributed by atoms with Crippen LogP contribution in [0.5, 0.6) is 0 Å². The summed E-state index contributed by atoms with van der Waals surface area (Å²) < 4.78 is 23.3. The van der Waals surface area contributed by atoms with Crippen LogP contribution in [0.25, 0.3) is 0 Å². The van der Waals surface area contributed by atoms with Crippen LogP contribution < -0.4 is 11.1 Å². The van der Waals surface area contributed by atoms with Crippen LogP contribution in [-0.2, 0) is 14.6 Å². The van der Waals surface area contributed by atoms with Crippen molar-refractivity contribution >= 4 is 28.2 Å². The van der Waals surface area contributed by atoms with Crippen molar-refractivity contribution in [2.24, 2.45) is 11.7 Å². The van der Waals surface area contributed by atoms with Gasteiger partial charge in [0.1, 0.15) is 5.75 Å². The summed E-state index contributed by atoms with van der Waals surface area (Å²) in [5.41, 5.74) is 5.12. The Morgan fingerprint density at radius 2 is 1.74 bits per heavy atom. The fraction of sp³-hybridized carbons (Fsp3) is 0.917. The molecule has 116 valence electrons. The molecular formula is C12H27ClN2O3S. The van der Waals surface area contributed by atoms with Gasteiger partial charge >= 0.3 is 0 Å². The highest BCUT2D eigenvalue weighted by Gasteiger charge is 2.28. The zero-order valence-corrected chi connectivity index (χ0v) is 14.0. The second-order valence-corrected chi connectivity index (χ2v) is 8.32. The molecule has 0 saturated heterocycles. The molecule has 0 aliphatic rings. The summed E-state index contributed by atoms with van der Waals surface area (Å²) in [6.07, 6.45) is 0.719. The topological polar surface area (TPSA) is 89.3 Å². The smallest absolute Gasteiger partial charge is 0.235 e. The molecule has 1 unspecified atom stereocenters. The van der Waals surface area contributed by atoms with E-state index < -0.39 is 32.3 Å². The van der Waals surface area contributed by atoms with E-state index in [9.17, 15) is 13.2 Å². The maximum Gasteiger partial charge on any atom is 0.235 e. The SMILES string of the molecule is CC(C)CC(C)(CN)NC(=O)CS(=O)(=O)C(C)C.Cl. The highest BCUT2D eigenvalue weighted by atomic mass is 35.5. The first-order chi connectivity index (χ1) is 8.02. The van der Waals surface area contributed by atoms with Crippen LogP contribution in [0.3, 0.4) is 0 Å². The molecule has 0 aromatic carbocycles. The second kappa shape index (κ2) is 8.07. The maximum absolute atomic E-state index is 11.8. The third kappa shape index (κ3) is 7.74. The van der Waals surface area contributed by atoms with Crippen LogP contribution in [0.4, 0.5) is 0 Å². The largest absolute Gasteiger partial charge is 0.349 e. The van der Waals surface area contributed by atoms with Crippen LogP contribution in [0, 0.1) is 5.92 Å². The van der Waals surface area contributed by atoms with Gasteiger partial charge in [-0.2, -0.15) is 0 Å². The van der Waals surface area contributed by atoms with E-state index in [1.54, 1.807) is 13.8 Å². The van der Waals surface area contributed by atoms with Gasteiger partial charge in [0.15, 0.2) is 9.84 Å². The number of halogens is 1. The molecule has 1 atom stereocenters. The van der Waals surface area contributed by atoms with Gasteiger partial charge in [0.2, 0.25) is 5.91 Å². The minimum absolute atomic E-state index is 0. The van der Waals surface area contributed by atoms with Crippen molar-refractivity contribution in [3.8, 4) is 0 Å². The maximum atomic E-state index is 11.8. The first kappa shape index (κ1) is 21.0. The van der Waals surface area contributed by atoms with Gasteiger partial charge in [0.05, 0.1) is 5.25 Å². The lowest BCUT2D eigenvalue weighted by Crippen LogP contribution is -2.53. The van der Waals surface area contributed by atoms with Gasteiger partial charge in [-0.3, -0.25) is 4.79 Å². The van der Waals surface area contributed by atoms with Crippen LogP contribution >= 0.6 is 12.4 Å². The molecule has 0 aromatic rings. The molecule has 0 saturated carbocycles. The quantitative estimate of drug-likeness (QED) is 0.736. The standard InChI is InChI=1S/C12H26N2O3S.ClH/c1-9(2)6-12(5,8-13)14-11(15)7-18(16,17)10(3)4;/h9-10H,6-8,13H2,1-5H3,(H,14,15);1H. The van der Waals surface area contributed by atoms with E-state index in [0.717, 1.165) is 6.42 Å². The summed E-state index contributed by atoms with van der Waals surface area (Å²) in [6.45, 7) is 9.33. The van der Waals surface area contributed by atoms with E-state index in [0.29, 0.717) is 12.5 Å². The Morgan fingerprint density at radius 1 is 1.26 bits per heavy atom. The van der Waals surface area contributed by atoms with Gasteiger partial charge < -0.3 is 11.1 Å².